The van der Waals surface area contributed by atoms with Gasteiger partial charge in [0.2, 0.25) is 0 Å². The minimum Gasteiger partial charge on any atom is -0.356 e. The number of halogens is 1. The lowest BCUT2D eigenvalue weighted by atomic mass is 10.0. The summed E-state index contributed by atoms with van der Waals surface area (Å²) in [5.74, 6) is 1.19. The van der Waals surface area contributed by atoms with E-state index in [2.05, 4.69) is 34.7 Å². The molecule has 0 heterocycles. The molecule has 7 heteroatoms. The number of rotatable bonds is 7. The third-order valence-electron chi connectivity index (χ3n) is 4.08. The Balaban J connectivity index is 0.00000364. The number of nitrogens with one attached hydrogen (secondary N) is 2. The zero-order valence-corrected chi connectivity index (χ0v) is 19.1. The third-order valence-corrected chi connectivity index (χ3v) is 4.94. The van der Waals surface area contributed by atoms with Crippen LogP contribution in [0.5, 0.6) is 0 Å². The lowest BCUT2D eigenvalue weighted by Crippen LogP contribution is -2.38. The van der Waals surface area contributed by atoms with Crippen molar-refractivity contribution in [3.05, 3.63) is 71.3 Å². The summed E-state index contributed by atoms with van der Waals surface area (Å²) >= 11 is 0. The van der Waals surface area contributed by atoms with Crippen LogP contribution in [-0.2, 0) is 22.1 Å². The molecule has 0 radical (unpaired) electrons. The van der Waals surface area contributed by atoms with Crippen molar-refractivity contribution < 1.29 is 8.42 Å². The summed E-state index contributed by atoms with van der Waals surface area (Å²) in [5.41, 5.74) is 3.16. The molecular weight excluding hydrogens is 473 g/mol. The molecule has 0 aliphatic heterocycles. The van der Waals surface area contributed by atoms with Crippen LogP contribution < -0.4 is 10.6 Å². The first-order valence-electron chi connectivity index (χ1n) is 8.62. The number of hydrogen-bond donors (Lipinski definition) is 2. The monoisotopic (exact) mass is 501 g/mol. The first kappa shape index (κ1) is 23.4. The van der Waals surface area contributed by atoms with Crippen molar-refractivity contribution in [1.29, 1.82) is 0 Å². The number of sulfone groups is 1. The third kappa shape index (κ3) is 8.75. The molecular formula is C20H28IN3O2S. The van der Waals surface area contributed by atoms with Crippen LogP contribution in [0, 0.1) is 0 Å². The van der Waals surface area contributed by atoms with Crippen molar-refractivity contribution in [3.8, 4) is 0 Å². The molecule has 0 spiro atoms. The molecule has 0 fully saturated rings. The minimum absolute atomic E-state index is 0. The van der Waals surface area contributed by atoms with Gasteiger partial charge in [-0.3, -0.25) is 4.99 Å². The lowest BCUT2D eigenvalue weighted by Gasteiger charge is -2.16. The van der Waals surface area contributed by atoms with Crippen LogP contribution in [0.3, 0.4) is 0 Å². The lowest BCUT2D eigenvalue weighted by molar-refractivity contribution is 0.601. The summed E-state index contributed by atoms with van der Waals surface area (Å²) in [4.78, 5) is 4.25. The van der Waals surface area contributed by atoms with Crippen LogP contribution in [0.4, 0.5) is 0 Å². The smallest absolute Gasteiger partial charge is 0.191 e. The van der Waals surface area contributed by atoms with E-state index < -0.39 is 9.84 Å². The highest BCUT2D eigenvalue weighted by Gasteiger charge is 2.07. The predicted octanol–water partition coefficient (Wildman–Crippen LogP) is 3.32. The molecule has 2 N–H and O–H groups in total. The fourth-order valence-electron chi connectivity index (χ4n) is 2.61. The Hall–Kier alpha value is -1.61. The number of hydrogen-bond acceptors (Lipinski definition) is 3. The maximum atomic E-state index is 11.3. The summed E-state index contributed by atoms with van der Waals surface area (Å²) in [6.45, 7) is 3.59. The Morgan fingerprint density at radius 3 is 2.15 bits per heavy atom. The molecule has 2 aromatic rings. The van der Waals surface area contributed by atoms with Gasteiger partial charge in [-0.05, 0) is 22.6 Å². The van der Waals surface area contributed by atoms with E-state index in [0.29, 0.717) is 12.5 Å². The average Bonchev–Trinajstić information content (AvgIpc) is 2.62. The molecule has 0 aromatic heterocycles. The second kappa shape index (κ2) is 11.3. The zero-order valence-electron chi connectivity index (χ0n) is 16.0. The van der Waals surface area contributed by atoms with Crippen LogP contribution in [0.15, 0.2) is 59.6 Å². The summed E-state index contributed by atoms with van der Waals surface area (Å²) in [7, 11) is -1.26. The molecule has 2 aromatic carbocycles. The summed E-state index contributed by atoms with van der Waals surface area (Å²) in [6, 6.07) is 17.9. The van der Waals surface area contributed by atoms with Gasteiger partial charge in [-0.15, -0.1) is 24.0 Å². The van der Waals surface area contributed by atoms with Gasteiger partial charge in [-0.1, -0.05) is 61.5 Å². The molecule has 1 atom stereocenters. The van der Waals surface area contributed by atoms with Crippen LogP contribution >= 0.6 is 24.0 Å². The normalized spacial score (nSPS) is 12.8. The molecule has 0 aliphatic rings. The van der Waals surface area contributed by atoms with Crippen molar-refractivity contribution in [1.82, 2.24) is 10.6 Å². The SMILES string of the molecule is CN=C(NCc1ccc(CS(C)(=O)=O)cc1)NCC(C)c1ccccc1.I. The van der Waals surface area contributed by atoms with Gasteiger partial charge >= 0.3 is 0 Å². The second-order valence-electron chi connectivity index (χ2n) is 6.50. The molecule has 148 valence electrons. The molecule has 27 heavy (non-hydrogen) atoms. The Bertz CT molecular complexity index is 822. The predicted molar refractivity (Wildman–Crippen MR) is 123 cm³/mol. The zero-order chi connectivity index (χ0) is 19.0. The molecule has 2 rings (SSSR count). The molecule has 0 bridgehead atoms. The molecule has 0 saturated carbocycles. The van der Waals surface area contributed by atoms with Crippen molar-refractivity contribution in [2.45, 2.75) is 25.1 Å². The van der Waals surface area contributed by atoms with Gasteiger partial charge in [-0.2, -0.15) is 0 Å². The van der Waals surface area contributed by atoms with Crippen molar-refractivity contribution in [3.63, 3.8) is 0 Å². The van der Waals surface area contributed by atoms with Crippen LogP contribution in [0.25, 0.3) is 0 Å². The first-order valence-corrected chi connectivity index (χ1v) is 10.7. The fraction of sp³-hybridized carbons (Fsp3) is 0.350. The van der Waals surface area contributed by atoms with Gasteiger partial charge in [0.25, 0.3) is 0 Å². The van der Waals surface area contributed by atoms with Gasteiger partial charge in [0.1, 0.15) is 0 Å². The van der Waals surface area contributed by atoms with Gasteiger partial charge in [-0.25, -0.2) is 8.42 Å². The van der Waals surface area contributed by atoms with Gasteiger partial charge < -0.3 is 10.6 Å². The maximum Gasteiger partial charge on any atom is 0.191 e. The van der Waals surface area contributed by atoms with Crippen molar-refractivity contribution in [2.24, 2.45) is 4.99 Å². The van der Waals surface area contributed by atoms with E-state index in [1.165, 1.54) is 11.8 Å². The molecule has 0 saturated heterocycles. The largest absolute Gasteiger partial charge is 0.356 e. The highest BCUT2D eigenvalue weighted by molar-refractivity contribution is 14.0. The first-order chi connectivity index (χ1) is 12.4. The highest BCUT2D eigenvalue weighted by atomic mass is 127. The summed E-state index contributed by atoms with van der Waals surface area (Å²) in [6.07, 6.45) is 1.24. The van der Waals surface area contributed by atoms with Crippen LogP contribution in [-0.4, -0.2) is 34.2 Å². The Labute approximate surface area is 179 Å². The highest BCUT2D eigenvalue weighted by Crippen LogP contribution is 2.13. The van der Waals surface area contributed by atoms with Crippen molar-refractivity contribution >= 4 is 39.8 Å². The summed E-state index contributed by atoms with van der Waals surface area (Å²) in [5, 5.41) is 6.62. The number of benzene rings is 2. The van der Waals surface area contributed by atoms with Gasteiger partial charge in [0, 0.05) is 26.4 Å². The fourth-order valence-corrected chi connectivity index (χ4v) is 3.41. The van der Waals surface area contributed by atoms with Gasteiger partial charge in [0.15, 0.2) is 15.8 Å². The number of nitrogens with zero attached hydrogens (tertiary/aromatic N) is 1. The molecule has 5 nitrogen and oxygen atoms in total. The van der Waals surface area contributed by atoms with E-state index >= 15 is 0 Å². The quantitative estimate of drug-likeness (QED) is 0.347. The second-order valence-corrected chi connectivity index (χ2v) is 8.65. The van der Waals surface area contributed by atoms with E-state index in [1.54, 1.807) is 7.05 Å². The maximum absolute atomic E-state index is 11.3. The van der Waals surface area contributed by atoms with E-state index in [1.807, 2.05) is 42.5 Å². The minimum atomic E-state index is -3.00. The van der Waals surface area contributed by atoms with E-state index in [4.69, 9.17) is 0 Å². The molecule has 0 aliphatic carbocycles. The van der Waals surface area contributed by atoms with Crippen molar-refractivity contribution in [2.75, 3.05) is 19.8 Å². The van der Waals surface area contributed by atoms with Crippen LogP contribution in [0.1, 0.15) is 29.5 Å². The molecule has 0 amide bonds. The Morgan fingerprint density at radius 1 is 1.00 bits per heavy atom. The average molecular weight is 501 g/mol. The van der Waals surface area contributed by atoms with E-state index in [0.717, 1.165) is 23.6 Å². The standard InChI is InChI=1S/C20H27N3O2S.HI/c1-16(19-7-5-4-6-8-19)13-22-20(21-2)23-14-17-9-11-18(12-10-17)15-26(3,24)25;/h4-12,16H,13-15H2,1-3H3,(H2,21,22,23);1H. The van der Waals surface area contributed by atoms with E-state index in [-0.39, 0.29) is 29.7 Å². The van der Waals surface area contributed by atoms with Crippen LogP contribution in [0.2, 0.25) is 0 Å². The number of aliphatic imine (C=N–C) groups is 1. The van der Waals surface area contributed by atoms with E-state index in [9.17, 15) is 8.42 Å². The Kier molecular flexibility index (Phi) is 9.79. The van der Waals surface area contributed by atoms with Gasteiger partial charge in [0.05, 0.1) is 5.75 Å². The Morgan fingerprint density at radius 2 is 1.59 bits per heavy atom. The molecule has 1 unspecified atom stereocenters. The summed E-state index contributed by atoms with van der Waals surface area (Å²) < 4.78 is 22.7. The number of guanidine groups is 1. The topological polar surface area (TPSA) is 70.6 Å².